The minimum Gasteiger partial charge on any atom is -0.481 e. The smallest absolute Gasteiger partial charge is 0.410 e. The van der Waals surface area contributed by atoms with Gasteiger partial charge in [0.25, 0.3) is 0 Å². The van der Waals surface area contributed by atoms with Gasteiger partial charge in [0.2, 0.25) is 0 Å². The summed E-state index contributed by atoms with van der Waals surface area (Å²) >= 11 is 0. The molecule has 0 heterocycles. The lowest BCUT2D eigenvalue weighted by Gasteiger charge is -2.36. The van der Waals surface area contributed by atoms with Gasteiger partial charge in [-0.1, -0.05) is 60.7 Å². The maximum atomic E-state index is 13.0. The van der Waals surface area contributed by atoms with Crippen LogP contribution in [0.3, 0.4) is 0 Å². The third-order valence-electron chi connectivity index (χ3n) is 6.13. The highest BCUT2D eigenvalue weighted by Crippen LogP contribution is 2.50. The number of aliphatic carboxylic acids is 1. The number of fused-ring (bicyclic) bond motifs is 2. The Labute approximate surface area is 164 Å². The van der Waals surface area contributed by atoms with Crippen LogP contribution in [0.5, 0.6) is 0 Å². The highest BCUT2D eigenvalue weighted by molar-refractivity contribution is 5.72. The Morgan fingerprint density at radius 2 is 1.57 bits per heavy atom. The van der Waals surface area contributed by atoms with Crippen molar-refractivity contribution in [3.63, 3.8) is 0 Å². The number of carbonyl (C=O) groups is 2. The van der Waals surface area contributed by atoms with E-state index in [-0.39, 0.29) is 30.6 Å². The molecule has 0 radical (unpaired) electrons. The zero-order valence-electron chi connectivity index (χ0n) is 15.7. The molecule has 2 fully saturated rings. The van der Waals surface area contributed by atoms with Crippen LogP contribution in [0.2, 0.25) is 0 Å². The fraction of sp³-hybridized carbons (Fsp3) is 0.391. The summed E-state index contributed by atoms with van der Waals surface area (Å²) in [5, 5.41) is 9.58. The number of rotatable bonds is 6. The van der Waals surface area contributed by atoms with Gasteiger partial charge in [0.15, 0.2) is 0 Å². The molecule has 0 unspecified atom stereocenters. The molecule has 2 saturated carbocycles. The standard InChI is InChI=1S/C23H25NO4/c25-22(26)20-12-18-11-19(20)21(13-18)24(14-16-7-3-1-4-8-16)23(27)28-15-17-9-5-2-6-10-17/h1-10,18-21H,11-15H2,(H,25,26)/t18-,19+,20-,21-/m0/s1. The highest BCUT2D eigenvalue weighted by Gasteiger charge is 2.52. The SMILES string of the molecule is O=C(O)[C@H]1C[C@@H]2C[C@H]1[C@@H](N(Cc1ccccc1)C(=O)OCc1ccccc1)C2. The van der Waals surface area contributed by atoms with Gasteiger partial charge in [0, 0.05) is 12.6 Å². The van der Waals surface area contributed by atoms with Gasteiger partial charge in [-0.25, -0.2) is 4.79 Å². The van der Waals surface area contributed by atoms with E-state index in [2.05, 4.69) is 0 Å². The number of carboxylic acid groups (broad SMARTS) is 1. The molecule has 1 amide bonds. The fourth-order valence-electron chi connectivity index (χ4n) is 4.86. The van der Waals surface area contributed by atoms with E-state index in [9.17, 15) is 14.7 Å². The molecular weight excluding hydrogens is 354 g/mol. The number of amides is 1. The van der Waals surface area contributed by atoms with Crippen molar-refractivity contribution in [3.8, 4) is 0 Å². The summed E-state index contributed by atoms with van der Waals surface area (Å²) < 4.78 is 5.62. The summed E-state index contributed by atoms with van der Waals surface area (Å²) in [5.74, 6) is -0.703. The molecule has 28 heavy (non-hydrogen) atoms. The van der Waals surface area contributed by atoms with Gasteiger partial charge >= 0.3 is 12.1 Å². The quantitative estimate of drug-likeness (QED) is 0.811. The number of ether oxygens (including phenoxy) is 1. The van der Waals surface area contributed by atoms with E-state index in [0.717, 1.165) is 30.4 Å². The average molecular weight is 379 g/mol. The van der Waals surface area contributed by atoms with E-state index in [0.29, 0.717) is 12.5 Å². The lowest BCUT2D eigenvalue weighted by atomic mass is 9.84. The van der Waals surface area contributed by atoms with Crippen LogP contribution < -0.4 is 0 Å². The molecule has 2 aliphatic carbocycles. The normalized spacial score (nSPS) is 25.4. The Morgan fingerprint density at radius 3 is 2.18 bits per heavy atom. The maximum Gasteiger partial charge on any atom is 0.410 e. The first-order valence-electron chi connectivity index (χ1n) is 9.86. The van der Waals surface area contributed by atoms with Crippen LogP contribution in [0.25, 0.3) is 0 Å². The van der Waals surface area contributed by atoms with Crippen molar-refractivity contribution >= 4 is 12.1 Å². The van der Waals surface area contributed by atoms with Crippen LogP contribution in [0.15, 0.2) is 60.7 Å². The molecule has 2 aromatic carbocycles. The van der Waals surface area contributed by atoms with Crippen LogP contribution in [-0.2, 0) is 22.7 Å². The second-order valence-electron chi connectivity index (χ2n) is 7.90. The first kappa shape index (κ1) is 18.5. The Morgan fingerprint density at radius 1 is 0.929 bits per heavy atom. The molecule has 4 rings (SSSR count). The molecule has 146 valence electrons. The average Bonchev–Trinajstić information content (AvgIpc) is 3.33. The van der Waals surface area contributed by atoms with Crippen molar-refractivity contribution in [2.75, 3.05) is 0 Å². The fourth-order valence-corrected chi connectivity index (χ4v) is 4.86. The number of carbonyl (C=O) groups excluding carboxylic acids is 1. The van der Waals surface area contributed by atoms with Crippen LogP contribution in [-0.4, -0.2) is 28.1 Å². The zero-order chi connectivity index (χ0) is 19.5. The van der Waals surface area contributed by atoms with Crippen LogP contribution in [0.1, 0.15) is 30.4 Å². The molecule has 0 aliphatic heterocycles. The second-order valence-corrected chi connectivity index (χ2v) is 7.90. The Kier molecular flexibility index (Phi) is 5.33. The number of hydrogen-bond donors (Lipinski definition) is 1. The molecule has 0 aromatic heterocycles. The monoisotopic (exact) mass is 379 g/mol. The summed E-state index contributed by atoms with van der Waals surface area (Å²) in [6.45, 7) is 0.656. The van der Waals surface area contributed by atoms with Gasteiger partial charge in [-0.2, -0.15) is 0 Å². The lowest BCUT2D eigenvalue weighted by molar-refractivity contribution is -0.144. The van der Waals surface area contributed by atoms with Gasteiger partial charge in [-0.3, -0.25) is 4.79 Å². The summed E-state index contributed by atoms with van der Waals surface area (Å²) in [7, 11) is 0. The van der Waals surface area contributed by atoms with Gasteiger partial charge < -0.3 is 14.7 Å². The molecule has 5 heteroatoms. The largest absolute Gasteiger partial charge is 0.481 e. The third-order valence-corrected chi connectivity index (χ3v) is 6.13. The van der Waals surface area contributed by atoms with Gasteiger partial charge in [-0.15, -0.1) is 0 Å². The third kappa shape index (κ3) is 3.88. The van der Waals surface area contributed by atoms with Gasteiger partial charge in [0.05, 0.1) is 5.92 Å². The molecule has 2 bridgehead atoms. The molecule has 5 nitrogen and oxygen atoms in total. The van der Waals surface area contributed by atoms with E-state index in [1.54, 1.807) is 4.90 Å². The zero-order valence-corrected chi connectivity index (χ0v) is 15.7. The molecule has 2 aliphatic rings. The van der Waals surface area contributed by atoms with Crippen molar-refractivity contribution in [2.45, 2.75) is 38.5 Å². The number of carboxylic acids is 1. The Bertz CT molecular complexity index is 823. The van der Waals surface area contributed by atoms with Crippen molar-refractivity contribution in [3.05, 3.63) is 71.8 Å². The van der Waals surface area contributed by atoms with Crippen molar-refractivity contribution in [1.82, 2.24) is 4.90 Å². The van der Waals surface area contributed by atoms with Crippen molar-refractivity contribution < 1.29 is 19.4 Å². The molecule has 0 spiro atoms. The predicted molar refractivity (Wildman–Crippen MR) is 104 cm³/mol. The van der Waals surface area contributed by atoms with E-state index >= 15 is 0 Å². The molecule has 1 N–H and O–H groups in total. The minimum atomic E-state index is -0.741. The minimum absolute atomic E-state index is 0.00971. The Balaban J connectivity index is 1.52. The molecule has 4 atom stereocenters. The number of benzene rings is 2. The molecule has 0 saturated heterocycles. The summed E-state index contributed by atoms with van der Waals surface area (Å²) in [6.07, 6.45) is 2.12. The second kappa shape index (κ2) is 8.05. The summed E-state index contributed by atoms with van der Waals surface area (Å²) in [5.41, 5.74) is 1.96. The number of nitrogens with zero attached hydrogens (tertiary/aromatic N) is 1. The first-order valence-corrected chi connectivity index (χ1v) is 9.86. The highest BCUT2D eigenvalue weighted by atomic mass is 16.6. The molecular formula is C23H25NO4. The van der Waals surface area contributed by atoms with E-state index < -0.39 is 5.97 Å². The molecule has 2 aromatic rings. The number of hydrogen-bond acceptors (Lipinski definition) is 3. The van der Waals surface area contributed by atoms with Crippen LogP contribution in [0, 0.1) is 17.8 Å². The summed E-state index contributed by atoms with van der Waals surface area (Å²) in [6, 6.07) is 19.3. The lowest BCUT2D eigenvalue weighted by Crippen LogP contribution is -2.46. The first-order chi connectivity index (χ1) is 13.6. The van der Waals surface area contributed by atoms with E-state index in [1.165, 1.54) is 0 Å². The Hall–Kier alpha value is -2.82. The van der Waals surface area contributed by atoms with Crippen LogP contribution in [0.4, 0.5) is 4.79 Å². The van der Waals surface area contributed by atoms with Crippen molar-refractivity contribution in [1.29, 1.82) is 0 Å². The van der Waals surface area contributed by atoms with Crippen LogP contribution >= 0.6 is 0 Å². The van der Waals surface area contributed by atoms with E-state index in [4.69, 9.17) is 4.74 Å². The van der Waals surface area contributed by atoms with Gasteiger partial charge in [-0.05, 0) is 42.2 Å². The predicted octanol–water partition coefficient (Wildman–Crippen LogP) is 4.32. The van der Waals surface area contributed by atoms with Gasteiger partial charge in [0.1, 0.15) is 6.61 Å². The van der Waals surface area contributed by atoms with Crippen molar-refractivity contribution in [2.24, 2.45) is 17.8 Å². The topological polar surface area (TPSA) is 66.8 Å². The van der Waals surface area contributed by atoms with E-state index in [1.807, 2.05) is 60.7 Å². The summed E-state index contributed by atoms with van der Waals surface area (Å²) in [4.78, 5) is 26.4. The maximum absolute atomic E-state index is 13.0.